The molecular formula is C20H28N2. The molecule has 2 saturated carbocycles. The minimum atomic E-state index is 0.931. The average Bonchev–Trinajstić information content (AvgIpc) is 3.20. The van der Waals surface area contributed by atoms with E-state index in [0.29, 0.717) is 0 Å². The predicted octanol–water partition coefficient (Wildman–Crippen LogP) is 3.51. The van der Waals surface area contributed by atoms with Crippen LogP contribution in [0.3, 0.4) is 0 Å². The van der Waals surface area contributed by atoms with Gasteiger partial charge in [-0.3, -0.25) is 9.80 Å². The van der Waals surface area contributed by atoms with E-state index in [0.717, 1.165) is 24.4 Å². The molecule has 2 bridgehead atoms. The van der Waals surface area contributed by atoms with E-state index in [1.807, 2.05) is 0 Å². The third kappa shape index (κ3) is 3.13. The summed E-state index contributed by atoms with van der Waals surface area (Å²) in [7, 11) is 0. The summed E-state index contributed by atoms with van der Waals surface area (Å²) in [6.45, 7) is 6.15. The van der Waals surface area contributed by atoms with Gasteiger partial charge in [-0.15, -0.1) is 0 Å². The number of hydrogen-bond donors (Lipinski definition) is 0. The molecule has 2 heteroatoms. The van der Waals surface area contributed by atoms with Gasteiger partial charge < -0.3 is 0 Å². The highest BCUT2D eigenvalue weighted by Crippen LogP contribution is 2.46. The highest BCUT2D eigenvalue weighted by Gasteiger charge is 2.42. The molecule has 1 heterocycles. The Kier molecular flexibility index (Phi) is 4.31. The van der Waals surface area contributed by atoms with Crippen LogP contribution in [-0.2, 0) is 0 Å². The zero-order valence-electron chi connectivity index (χ0n) is 13.5. The first kappa shape index (κ1) is 14.5. The Hall–Kier alpha value is -1.12. The number of fused-ring (bicyclic) bond motifs is 2. The molecule has 3 fully saturated rings. The normalized spacial score (nSPS) is 33.0. The molecule has 2 nitrogen and oxygen atoms in total. The third-order valence-corrected chi connectivity index (χ3v) is 6.05. The van der Waals surface area contributed by atoms with Gasteiger partial charge >= 0.3 is 0 Å². The molecule has 2 aliphatic carbocycles. The molecule has 1 aromatic carbocycles. The zero-order valence-corrected chi connectivity index (χ0v) is 13.5. The van der Waals surface area contributed by atoms with Crippen molar-refractivity contribution in [1.29, 1.82) is 0 Å². The van der Waals surface area contributed by atoms with Crippen molar-refractivity contribution >= 4 is 6.08 Å². The van der Waals surface area contributed by atoms with Gasteiger partial charge in [0.25, 0.3) is 0 Å². The highest BCUT2D eigenvalue weighted by molar-refractivity contribution is 5.48. The molecule has 0 unspecified atom stereocenters. The number of benzene rings is 1. The van der Waals surface area contributed by atoms with E-state index in [1.54, 1.807) is 0 Å². The summed E-state index contributed by atoms with van der Waals surface area (Å²) in [5.41, 5.74) is 1.31. The number of hydrogen-bond acceptors (Lipinski definition) is 2. The maximum Gasteiger partial charge on any atom is 0.0167 e. The predicted molar refractivity (Wildman–Crippen MR) is 92.7 cm³/mol. The molecule has 0 radical (unpaired) electrons. The van der Waals surface area contributed by atoms with E-state index in [-0.39, 0.29) is 0 Å². The summed E-state index contributed by atoms with van der Waals surface area (Å²) >= 11 is 0. The molecule has 0 N–H and O–H groups in total. The molecule has 1 saturated heterocycles. The van der Waals surface area contributed by atoms with Gasteiger partial charge in [0, 0.05) is 38.8 Å². The summed E-state index contributed by atoms with van der Waals surface area (Å²) in [4.78, 5) is 5.41. The molecule has 0 aromatic heterocycles. The van der Waals surface area contributed by atoms with E-state index < -0.39 is 0 Å². The number of rotatable bonds is 4. The van der Waals surface area contributed by atoms with Crippen LogP contribution in [0, 0.1) is 11.8 Å². The first-order valence-corrected chi connectivity index (χ1v) is 9.06. The standard InChI is InChI=1S/C20H28N2/c1-2-5-17(6-3-1)7-4-10-21-11-13-22(14-12-21)20-16-18-8-9-19(20)15-18/h1-7,18-20H,8-16H2/b7-4+/t18-,19+,20-/m0/s1. The summed E-state index contributed by atoms with van der Waals surface area (Å²) in [5.74, 6) is 2.11. The fourth-order valence-electron chi connectivity index (χ4n) is 4.84. The number of nitrogens with zero attached hydrogens (tertiary/aromatic N) is 2. The van der Waals surface area contributed by atoms with E-state index in [2.05, 4.69) is 52.3 Å². The Balaban J connectivity index is 1.23. The van der Waals surface area contributed by atoms with E-state index >= 15 is 0 Å². The largest absolute Gasteiger partial charge is 0.298 e. The van der Waals surface area contributed by atoms with Gasteiger partial charge in [-0.05, 0) is 36.7 Å². The smallest absolute Gasteiger partial charge is 0.0167 e. The van der Waals surface area contributed by atoms with Crippen LogP contribution in [0.2, 0.25) is 0 Å². The summed E-state index contributed by atoms with van der Waals surface area (Å²) in [6, 6.07) is 11.6. The van der Waals surface area contributed by atoms with Crippen LogP contribution in [-0.4, -0.2) is 48.6 Å². The van der Waals surface area contributed by atoms with Crippen LogP contribution in [0.1, 0.15) is 31.2 Å². The van der Waals surface area contributed by atoms with Crippen LogP contribution >= 0.6 is 0 Å². The lowest BCUT2D eigenvalue weighted by Gasteiger charge is -2.40. The molecule has 3 atom stereocenters. The third-order valence-electron chi connectivity index (χ3n) is 6.05. The Morgan fingerprint density at radius 2 is 1.77 bits per heavy atom. The summed E-state index contributed by atoms with van der Waals surface area (Å²) in [6.07, 6.45) is 10.6. The SMILES string of the molecule is C(=C\c1ccccc1)/CN1CCN([C@H]2C[C@H]3CC[C@@H]2C3)CC1. The molecular weight excluding hydrogens is 268 g/mol. The second-order valence-corrected chi connectivity index (χ2v) is 7.39. The van der Waals surface area contributed by atoms with Gasteiger partial charge in [0.1, 0.15) is 0 Å². The summed E-state index contributed by atoms with van der Waals surface area (Å²) in [5, 5.41) is 0. The van der Waals surface area contributed by atoms with E-state index in [1.165, 1.54) is 57.4 Å². The molecule has 22 heavy (non-hydrogen) atoms. The maximum atomic E-state index is 2.81. The van der Waals surface area contributed by atoms with Gasteiger partial charge in [-0.2, -0.15) is 0 Å². The molecule has 1 aliphatic heterocycles. The van der Waals surface area contributed by atoms with Gasteiger partial charge in [-0.25, -0.2) is 0 Å². The van der Waals surface area contributed by atoms with E-state index in [9.17, 15) is 0 Å². The van der Waals surface area contributed by atoms with Crippen molar-refractivity contribution in [2.45, 2.75) is 31.7 Å². The van der Waals surface area contributed by atoms with Crippen LogP contribution in [0.4, 0.5) is 0 Å². The van der Waals surface area contributed by atoms with Crippen LogP contribution < -0.4 is 0 Å². The lowest BCUT2D eigenvalue weighted by Crippen LogP contribution is -2.51. The van der Waals surface area contributed by atoms with E-state index in [4.69, 9.17) is 0 Å². The molecule has 3 aliphatic rings. The molecule has 0 amide bonds. The van der Waals surface area contributed by atoms with Crippen LogP contribution in [0.15, 0.2) is 36.4 Å². The Morgan fingerprint density at radius 1 is 0.955 bits per heavy atom. The Morgan fingerprint density at radius 3 is 2.45 bits per heavy atom. The van der Waals surface area contributed by atoms with Crippen molar-refractivity contribution in [2.75, 3.05) is 32.7 Å². The average molecular weight is 296 g/mol. The van der Waals surface area contributed by atoms with Crippen LogP contribution in [0.5, 0.6) is 0 Å². The first-order chi connectivity index (χ1) is 10.9. The Labute approximate surface area is 134 Å². The quantitative estimate of drug-likeness (QED) is 0.839. The van der Waals surface area contributed by atoms with Crippen molar-refractivity contribution in [1.82, 2.24) is 9.80 Å². The lowest BCUT2D eigenvalue weighted by atomic mass is 9.93. The van der Waals surface area contributed by atoms with Crippen LogP contribution in [0.25, 0.3) is 6.08 Å². The van der Waals surface area contributed by atoms with Crippen molar-refractivity contribution in [3.63, 3.8) is 0 Å². The van der Waals surface area contributed by atoms with Gasteiger partial charge in [0.05, 0.1) is 0 Å². The fraction of sp³-hybridized carbons (Fsp3) is 0.600. The molecule has 0 spiro atoms. The second kappa shape index (κ2) is 6.55. The topological polar surface area (TPSA) is 6.48 Å². The van der Waals surface area contributed by atoms with Crippen molar-refractivity contribution in [2.24, 2.45) is 11.8 Å². The van der Waals surface area contributed by atoms with Gasteiger partial charge in [-0.1, -0.05) is 48.9 Å². The number of piperazine rings is 1. The van der Waals surface area contributed by atoms with Crippen molar-refractivity contribution in [3.8, 4) is 0 Å². The first-order valence-electron chi connectivity index (χ1n) is 9.06. The lowest BCUT2D eigenvalue weighted by molar-refractivity contribution is 0.0765. The Bertz CT molecular complexity index is 502. The zero-order chi connectivity index (χ0) is 14.8. The highest BCUT2D eigenvalue weighted by atomic mass is 15.3. The minimum Gasteiger partial charge on any atom is -0.298 e. The fourth-order valence-corrected chi connectivity index (χ4v) is 4.84. The maximum absolute atomic E-state index is 2.81. The second-order valence-electron chi connectivity index (χ2n) is 7.39. The minimum absolute atomic E-state index is 0.931. The van der Waals surface area contributed by atoms with Crippen molar-refractivity contribution in [3.05, 3.63) is 42.0 Å². The monoisotopic (exact) mass is 296 g/mol. The molecule has 4 rings (SSSR count). The molecule has 118 valence electrons. The van der Waals surface area contributed by atoms with Crippen molar-refractivity contribution < 1.29 is 0 Å². The van der Waals surface area contributed by atoms with Gasteiger partial charge in [0.15, 0.2) is 0 Å². The molecule has 1 aromatic rings. The summed E-state index contributed by atoms with van der Waals surface area (Å²) < 4.78 is 0. The van der Waals surface area contributed by atoms with Gasteiger partial charge in [0.2, 0.25) is 0 Å².